The summed E-state index contributed by atoms with van der Waals surface area (Å²) in [6.45, 7) is 6.71. The molecular formula is C14H19NOS. The van der Waals surface area contributed by atoms with Crippen LogP contribution >= 0.6 is 11.3 Å². The number of hydrogen-bond acceptors (Lipinski definition) is 3. The number of benzene rings is 1. The van der Waals surface area contributed by atoms with Gasteiger partial charge in [-0.25, -0.2) is 0 Å². The Bertz CT molecular complexity index is 433. The number of nitrogens with one attached hydrogen (secondary N) is 1. The SMILES string of the molecule is CCOCCNC(C)c1cc2ccccc2s1. The van der Waals surface area contributed by atoms with Crippen LogP contribution in [0.15, 0.2) is 30.3 Å². The molecule has 1 aromatic heterocycles. The molecule has 92 valence electrons. The molecule has 1 N–H and O–H groups in total. The van der Waals surface area contributed by atoms with Gasteiger partial charge in [-0.05, 0) is 31.4 Å². The van der Waals surface area contributed by atoms with Gasteiger partial charge in [0.1, 0.15) is 0 Å². The Morgan fingerprint density at radius 3 is 2.94 bits per heavy atom. The molecule has 17 heavy (non-hydrogen) atoms. The molecule has 1 aromatic carbocycles. The van der Waals surface area contributed by atoms with Gasteiger partial charge in [0.15, 0.2) is 0 Å². The normalized spacial score (nSPS) is 13.1. The number of fused-ring (bicyclic) bond motifs is 1. The van der Waals surface area contributed by atoms with Gasteiger partial charge in [-0.1, -0.05) is 18.2 Å². The third-order valence-corrected chi connectivity index (χ3v) is 4.07. The van der Waals surface area contributed by atoms with Gasteiger partial charge in [0.05, 0.1) is 6.61 Å². The molecule has 0 saturated carbocycles. The lowest BCUT2D eigenvalue weighted by atomic mass is 10.2. The van der Waals surface area contributed by atoms with E-state index in [2.05, 4.69) is 42.6 Å². The van der Waals surface area contributed by atoms with Gasteiger partial charge in [-0.2, -0.15) is 0 Å². The highest BCUT2D eigenvalue weighted by atomic mass is 32.1. The third kappa shape index (κ3) is 3.28. The molecule has 2 aromatic rings. The van der Waals surface area contributed by atoms with Crippen molar-refractivity contribution in [1.29, 1.82) is 0 Å². The molecule has 1 unspecified atom stereocenters. The fourth-order valence-corrected chi connectivity index (χ4v) is 2.90. The predicted molar refractivity (Wildman–Crippen MR) is 74.7 cm³/mol. The van der Waals surface area contributed by atoms with E-state index in [1.54, 1.807) is 0 Å². The van der Waals surface area contributed by atoms with Crippen LogP contribution in [0.5, 0.6) is 0 Å². The van der Waals surface area contributed by atoms with E-state index >= 15 is 0 Å². The van der Waals surface area contributed by atoms with Crippen molar-refractivity contribution in [1.82, 2.24) is 5.32 Å². The molecule has 2 rings (SSSR count). The van der Waals surface area contributed by atoms with Gasteiger partial charge >= 0.3 is 0 Å². The molecule has 1 heterocycles. The summed E-state index contributed by atoms with van der Waals surface area (Å²) in [6, 6.07) is 11.2. The zero-order chi connectivity index (χ0) is 12.1. The lowest BCUT2D eigenvalue weighted by Crippen LogP contribution is -2.22. The molecule has 0 radical (unpaired) electrons. The Kier molecular flexibility index (Phi) is 4.54. The van der Waals surface area contributed by atoms with Crippen molar-refractivity contribution in [3.63, 3.8) is 0 Å². The molecule has 0 spiro atoms. The highest BCUT2D eigenvalue weighted by Crippen LogP contribution is 2.29. The van der Waals surface area contributed by atoms with Crippen LogP contribution in [-0.4, -0.2) is 19.8 Å². The van der Waals surface area contributed by atoms with E-state index in [9.17, 15) is 0 Å². The van der Waals surface area contributed by atoms with Crippen LogP contribution in [0.1, 0.15) is 24.8 Å². The average Bonchev–Trinajstić information content (AvgIpc) is 2.78. The van der Waals surface area contributed by atoms with Crippen LogP contribution < -0.4 is 5.32 Å². The molecule has 2 nitrogen and oxygen atoms in total. The number of ether oxygens (including phenoxy) is 1. The highest BCUT2D eigenvalue weighted by molar-refractivity contribution is 7.19. The Morgan fingerprint density at radius 2 is 2.18 bits per heavy atom. The number of thiophene rings is 1. The topological polar surface area (TPSA) is 21.3 Å². The van der Waals surface area contributed by atoms with E-state index in [-0.39, 0.29) is 0 Å². The molecule has 0 bridgehead atoms. The summed E-state index contributed by atoms with van der Waals surface area (Å²) in [4.78, 5) is 1.39. The standard InChI is InChI=1S/C14H19NOS/c1-3-16-9-8-15-11(2)14-10-12-6-4-5-7-13(12)17-14/h4-7,10-11,15H,3,8-9H2,1-2H3. The summed E-state index contributed by atoms with van der Waals surface area (Å²) in [6.07, 6.45) is 0. The zero-order valence-electron chi connectivity index (χ0n) is 10.4. The van der Waals surface area contributed by atoms with Gasteiger partial charge in [-0.15, -0.1) is 11.3 Å². The lowest BCUT2D eigenvalue weighted by Gasteiger charge is -2.11. The Labute approximate surface area is 107 Å². The van der Waals surface area contributed by atoms with Gasteiger partial charge in [0.2, 0.25) is 0 Å². The molecule has 0 amide bonds. The van der Waals surface area contributed by atoms with Crippen molar-refractivity contribution in [2.24, 2.45) is 0 Å². The largest absolute Gasteiger partial charge is 0.380 e. The van der Waals surface area contributed by atoms with Crippen molar-refractivity contribution in [3.8, 4) is 0 Å². The summed E-state index contributed by atoms with van der Waals surface area (Å²) in [5.74, 6) is 0. The van der Waals surface area contributed by atoms with Crippen molar-refractivity contribution < 1.29 is 4.74 Å². The van der Waals surface area contributed by atoms with Gasteiger partial charge in [-0.3, -0.25) is 0 Å². The summed E-state index contributed by atoms with van der Waals surface area (Å²) in [5.41, 5.74) is 0. The predicted octanol–water partition coefficient (Wildman–Crippen LogP) is 3.59. The van der Waals surface area contributed by atoms with Crippen LogP contribution in [0.3, 0.4) is 0 Å². The average molecular weight is 249 g/mol. The molecule has 0 fully saturated rings. The maximum absolute atomic E-state index is 5.32. The molecule has 0 saturated heterocycles. The fraction of sp³-hybridized carbons (Fsp3) is 0.429. The van der Waals surface area contributed by atoms with Gasteiger partial charge in [0.25, 0.3) is 0 Å². The summed E-state index contributed by atoms with van der Waals surface area (Å²) in [7, 11) is 0. The van der Waals surface area contributed by atoms with Gasteiger partial charge < -0.3 is 10.1 Å². The molecule has 0 aliphatic rings. The summed E-state index contributed by atoms with van der Waals surface area (Å²) >= 11 is 1.87. The molecule has 1 atom stereocenters. The fourth-order valence-electron chi connectivity index (χ4n) is 1.81. The zero-order valence-corrected chi connectivity index (χ0v) is 11.2. The lowest BCUT2D eigenvalue weighted by molar-refractivity contribution is 0.147. The minimum absolute atomic E-state index is 0.396. The number of hydrogen-bond donors (Lipinski definition) is 1. The maximum Gasteiger partial charge on any atom is 0.0590 e. The number of rotatable bonds is 6. The monoisotopic (exact) mass is 249 g/mol. The first-order valence-corrected chi connectivity index (χ1v) is 6.92. The van der Waals surface area contributed by atoms with E-state index in [0.717, 1.165) is 19.8 Å². The van der Waals surface area contributed by atoms with Gasteiger partial charge in [0, 0.05) is 28.8 Å². The van der Waals surface area contributed by atoms with E-state index in [4.69, 9.17) is 4.74 Å². The maximum atomic E-state index is 5.32. The second kappa shape index (κ2) is 6.15. The van der Waals surface area contributed by atoms with Crippen LogP contribution in [-0.2, 0) is 4.74 Å². The first kappa shape index (κ1) is 12.6. The van der Waals surface area contributed by atoms with Crippen LogP contribution in [0.2, 0.25) is 0 Å². The van der Waals surface area contributed by atoms with E-state index in [1.165, 1.54) is 15.0 Å². The van der Waals surface area contributed by atoms with E-state index < -0.39 is 0 Å². The Balaban J connectivity index is 1.96. The molecular weight excluding hydrogens is 230 g/mol. The first-order chi connectivity index (χ1) is 8.31. The van der Waals surface area contributed by atoms with Crippen molar-refractivity contribution >= 4 is 21.4 Å². The second-order valence-electron chi connectivity index (χ2n) is 4.06. The highest BCUT2D eigenvalue weighted by Gasteiger charge is 2.08. The molecule has 0 aliphatic heterocycles. The smallest absolute Gasteiger partial charge is 0.0590 e. The quantitative estimate of drug-likeness (QED) is 0.790. The Hall–Kier alpha value is -0.900. The van der Waals surface area contributed by atoms with Crippen molar-refractivity contribution in [2.75, 3.05) is 19.8 Å². The van der Waals surface area contributed by atoms with Crippen LogP contribution in [0, 0.1) is 0 Å². The minimum atomic E-state index is 0.396. The summed E-state index contributed by atoms with van der Waals surface area (Å²) < 4.78 is 6.68. The summed E-state index contributed by atoms with van der Waals surface area (Å²) in [5, 5.41) is 4.82. The molecule has 3 heteroatoms. The third-order valence-electron chi connectivity index (χ3n) is 2.77. The van der Waals surface area contributed by atoms with Crippen LogP contribution in [0.4, 0.5) is 0 Å². The minimum Gasteiger partial charge on any atom is -0.380 e. The van der Waals surface area contributed by atoms with Crippen molar-refractivity contribution in [2.45, 2.75) is 19.9 Å². The molecule has 0 aliphatic carbocycles. The van der Waals surface area contributed by atoms with E-state index in [1.807, 2.05) is 18.3 Å². The second-order valence-corrected chi connectivity index (χ2v) is 5.17. The van der Waals surface area contributed by atoms with Crippen LogP contribution in [0.25, 0.3) is 10.1 Å². The van der Waals surface area contributed by atoms with Crippen molar-refractivity contribution in [3.05, 3.63) is 35.2 Å². The van der Waals surface area contributed by atoms with E-state index in [0.29, 0.717) is 6.04 Å². The first-order valence-electron chi connectivity index (χ1n) is 6.11. The Morgan fingerprint density at radius 1 is 1.35 bits per heavy atom.